The Labute approximate surface area is 244 Å². The highest BCUT2D eigenvalue weighted by atomic mass is 35.5. The maximum absolute atomic E-state index is 13.4. The van der Waals surface area contributed by atoms with Gasteiger partial charge in [0.05, 0.1) is 23.6 Å². The van der Waals surface area contributed by atoms with Crippen molar-refractivity contribution in [3.8, 4) is 5.75 Å². The highest BCUT2D eigenvalue weighted by Crippen LogP contribution is 2.34. The van der Waals surface area contributed by atoms with Crippen molar-refractivity contribution in [2.75, 3.05) is 18.2 Å². The minimum Gasteiger partial charge on any atom is -0.495 e. The molecule has 41 heavy (non-hydrogen) atoms. The van der Waals surface area contributed by atoms with Gasteiger partial charge in [0.1, 0.15) is 23.4 Å². The summed E-state index contributed by atoms with van der Waals surface area (Å²) in [7, 11) is 1.51. The van der Waals surface area contributed by atoms with Gasteiger partial charge in [-0.2, -0.15) is 0 Å². The summed E-state index contributed by atoms with van der Waals surface area (Å²) >= 11 is 7.26. The van der Waals surface area contributed by atoms with Gasteiger partial charge in [-0.1, -0.05) is 47.6 Å². The summed E-state index contributed by atoms with van der Waals surface area (Å²) in [4.78, 5) is 49.3. The highest BCUT2D eigenvalue weighted by Gasteiger charge is 2.41. The number of hydrogen-bond acceptors (Lipinski definition) is 7. The van der Waals surface area contributed by atoms with Crippen LogP contribution in [0.5, 0.6) is 5.75 Å². The zero-order valence-electron chi connectivity index (χ0n) is 21.9. The number of nitrogens with one attached hydrogen (secondary N) is 2. The normalized spacial score (nSPS) is 15.4. The van der Waals surface area contributed by atoms with Crippen LogP contribution in [0.4, 0.5) is 15.8 Å². The van der Waals surface area contributed by atoms with Crippen LogP contribution in [-0.2, 0) is 20.9 Å². The van der Waals surface area contributed by atoms with E-state index in [0.29, 0.717) is 38.7 Å². The molecule has 2 heterocycles. The fraction of sp³-hybridized carbons (Fsp3) is 0.207. The van der Waals surface area contributed by atoms with Crippen molar-refractivity contribution in [2.45, 2.75) is 25.4 Å². The summed E-state index contributed by atoms with van der Waals surface area (Å²) in [5, 5.41) is 6.26. The molecule has 0 radical (unpaired) electrons. The van der Waals surface area contributed by atoms with Crippen molar-refractivity contribution < 1.29 is 23.5 Å². The molecule has 9 nitrogen and oxygen atoms in total. The second-order valence-electron chi connectivity index (χ2n) is 9.18. The van der Waals surface area contributed by atoms with E-state index in [9.17, 15) is 18.8 Å². The molecule has 0 saturated heterocycles. The Morgan fingerprint density at radius 3 is 2.63 bits per heavy atom. The number of aliphatic imine (C=N–C) groups is 2. The zero-order valence-corrected chi connectivity index (χ0v) is 23.5. The van der Waals surface area contributed by atoms with Crippen molar-refractivity contribution in [1.29, 1.82) is 0 Å². The van der Waals surface area contributed by atoms with Crippen LogP contribution in [0.2, 0.25) is 5.02 Å². The fourth-order valence-electron chi connectivity index (χ4n) is 4.32. The number of amidine groups is 2. The average Bonchev–Trinajstić information content (AvgIpc) is 3.31. The maximum atomic E-state index is 13.4. The van der Waals surface area contributed by atoms with Gasteiger partial charge in [0.15, 0.2) is 5.17 Å². The monoisotopic (exact) mass is 593 g/mol. The lowest BCUT2D eigenvalue weighted by molar-refractivity contribution is -0.125. The zero-order chi connectivity index (χ0) is 28.9. The van der Waals surface area contributed by atoms with Crippen LogP contribution in [0.25, 0.3) is 0 Å². The molecule has 2 aliphatic rings. The fourth-order valence-corrected chi connectivity index (χ4v) is 5.38. The van der Waals surface area contributed by atoms with Gasteiger partial charge in [-0.15, -0.1) is 0 Å². The lowest BCUT2D eigenvalue weighted by Crippen LogP contribution is -2.41. The average molecular weight is 594 g/mol. The van der Waals surface area contributed by atoms with Crippen LogP contribution in [0, 0.1) is 5.82 Å². The molecule has 0 aliphatic carbocycles. The quantitative estimate of drug-likeness (QED) is 0.366. The Morgan fingerprint density at radius 1 is 1.10 bits per heavy atom. The first-order valence-electron chi connectivity index (χ1n) is 12.7. The van der Waals surface area contributed by atoms with E-state index in [2.05, 4.69) is 20.6 Å². The Bertz CT molecular complexity index is 1560. The number of ether oxygens (including phenoxy) is 1. The second kappa shape index (κ2) is 12.5. The van der Waals surface area contributed by atoms with Crippen LogP contribution >= 0.6 is 23.4 Å². The molecule has 3 aromatic rings. The van der Waals surface area contributed by atoms with Crippen molar-refractivity contribution in [1.82, 2.24) is 10.2 Å². The second-order valence-corrected chi connectivity index (χ2v) is 10.5. The number of nitrogens with zero attached hydrogens (tertiary/aromatic N) is 3. The van der Waals surface area contributed by atoms with Gasteiger partial charge in [-0.05, 0) is 54.4 Å². The third kappa shape index (κ3) is 6.58. The van der Waals surface area contributed by atoms with Crippen molar-refractivity contribution >= 4 is 63.5 Å². The van der Waals surface area contributed by atoms with Gasteiger partial charge >= 0.3 is 0 Å². The van der Waals surface area contributed by atoms with Crippen LogP contribution in [-0.4, -0.2) is 52.5 Å². The molecule has 0 spiro atoms. The summed E-state index contributed by atoms with van der Waals surface area (Å²) in [6.45, 7) is 0.254. The number of carbonyl (C=O) groups excluding carboxylic acids is 3. The van der Waals surface area contributed by atoms with E-state index in [1.165, 1.54) is 24.1 Å². The molecule has 0 fully saturated rings. The number of carbonyl (C=O) groups is 3. The van der Waals surface area contributed by atoms with E-state index >= 15 is 0 Å². The first kappa shape index (κ1) is 28.3. The third-order valence-electron chi connectivity index (χ3n) is 6.36. The summed E-state index contributed by atoms with van der Waals surface area (Å²) in [6.07, 6.45) is 0.281. The lowest BCUT2D eigenvalue weighted by Gasteiger charge is -2.25. The van der Waals surface area contributed by atoms with Crippen molar-refractivity contribution in [3.63, 3.8) is 0 Å². The van der Waals surface area contributed by atoms with E-state index < -0.39 is 6.04 Å². The molecule has 2 aliphatic heterocycles. The molecule has 3 aromatic carbocycles. The number of thioether (sulfide) groups is 1. The number of benzene rings is 3. The van der Waals surface area contributed by atoms with Gasteiger partial charge in [-0.25, -0.2) is 14.3 Å². The number of methoxy groups -OCH3 is 1. The predicted molar refractivity (Wildman–Crippen MR) is 157 cm³/mol. The first-order valence-corrected chi connectivity index (χ1v) is 14.1. The van der Waals surface area contributed by atoms with Crippen LogP contribution in [0.1, 0.15) is 24.0 Å². The SMILES string of the molecule is COc1ccc(NC(=O)CSC2=Nc3ccccc3C3=N[C@@H](CCC(=O)NCc4ccc(F)cc4)C(=O)N23)cc1Cl. The minimum atomic E-state index is -0.770. The molecular weight excluding hydrogens is 569 g/mol. The number of halogens is 2. The molecular formula is C29H25ClFN5O4S. The summed E-state index contributed by atoms with van der Waals surface area (Å²) < 4.78 is 18.2. The first-order chi connectivity index (χ1) is 19.8. The molecule has 0 saturated carbocycles. The molecule has 210 valence electrons. The van der Waals surface area contributed by atoms with Crippen molar-refractivity contribution in [3.05, 3.63) is 88.7 Å². The Hall–Kier alpha value is -4.22. The third-order valence-corrected chi connectivity index (χ3v) is 7.60. The highest BCUT2D eigenvalue weighted by molar-refractivity contribution is 8.14. The molecule has 0 unspecified atom stereocenters. The van der Waals surface area contributed by atoms with E-state index in [1.54, 1.807) is 30.3 Å². The number of hydrogen-bond donors (Lipinski definition) is 2. The van der Waals surface area contributed by atoms with Crippen LogP contribution in [0.3, 0.4) is 0 Å². The van der Waals surface area contributed by atoms with Gasteiger partial charge in [0, 0.05) is 24.2 Å². The molecule has 0 bridgehead atoms. The summed E-state index contributed by atoms with van der Waals surface area (Å²) in [6, 6.07) is 17.3. The Morgan fingerprint density at radius 2 is 1.88 bits per heavy atom. The molecule has 1 atom stereocenters. The minimum absolute atomic E-state index is 0.0157. The Kier molecular flexibility index (Phi) is 8.65. The van der Waals surface area contributed by atoms with Gasteiger partial charge in [0.25, 0.3) is 5.91 Å². The molecule has 12 heteroatoms. The lowest BCUT2D eigenvalue weighted by atomic mass is 10.1. The van der Waals surface area contributed by atoms with Crippen LogP contribution in [0.15, 0.2) is 76.7 Å². The summed E-state index contributed by atoms with van der Waals surface area (Å²) in [5.41, 5.74) is 2.61. The molecule has 2 N–H and O–H groups in total. The van der Waals surface area contributed by atoms with Gasteiger partial charge < -0.3 is 15.4 Å². The predicted octanol–water partition coefficient (Wildman–Crippen LogP) is 4.91. The van der Waals surface area contributed by atoms with E-state index in [4.69, 9.17) is 16.3 Å². The number of fused-ring (bicyclic) bond motifs is 3. The van der Waals surface area contributed by atoms with E-state index in [0.717, 1.165) is 17.3 Å². The smallest absolute Gasteiger partial charge is 0.259 e. The molecule has 3 amide bonds. The van der Waals surface area contributed by atoms with E-state index in [1.807, 2.05) is 24.3 Å². The standard InChI is InChI=1S/C29H25ClFN5O4S/c1-40-24-12-10-19(14-21(24)30)33-26(38)16-41-29-35-22-5-3-2-4-20(22)27-34-23(28(39)36(27)29)11-13-25(37)32-15-17-6-8-18(31)9-7-17/h2-10,12,14,23H,11,13,15-16H2,1H3,(H,32,37)(H,33,38)/t23-/m0/s1. The number of anilines is 1. The number of amides is 3. The Balaban J connectivity index is 1.23. The maximum Gasteiger partial charge on any atom is 0.259 e. The molecule has 0 aromatic heterocycles. The number of para-hydroxylation sites is 1. The van der Waals surface area contributed by atoms with Crippen molar-refractivity contribution in [2.24, 2.45) is 9.98 Å². The number of rotatable bonds is 9. The van der Waals surface area contributed by atoms with Gasteiger partial charge in [0.2, 0.25) is 11.8 Å². The van der Waals surface area contributed by atoms with Gasteiger partial charge in [-0.3, -0.25) is 19.4 Å². The van der Waals surface area contributed by atoms with E-state index in [-0.39, 0.29) is 48.7 Å². The largest absolute Gasteiger partial charge is 0.495 e. The van der Waals surface area contributed by atoms with Crippen LogP contribution < -0.4 is 15.4 Å². The molecule has 5 rings (SSSR count). The summed E-state index contributed by atoms with van der Waals surface area (Å²) in [5.74, 6) is -0.285. The topological polar surface area (TPSA) is 112 Å².